The summed E-state index contributed by atoms with van der Waals surface area (Å²) in [4.78, 5) is 15.0. The molecule has 0 spiro atoms. The third kappa shape index (κ3) is 2.71. The van der Waals surface area contributed by atoms with Gasteiger partial charge in [0.25, 0.3) is 0 Å². The van der Waals surface area contributed by atoms with Gasteiger partial charge >= 0.3 is 0 Å². The number of carbonyl (C=O) groups is 1. The number of rotatable bonds is 5. The van der Waals surface area contributed by atoms with Crippen LogP contribution in [-0.2, 0) is 10.2 Å². The Hall–Kier alpha value is -1.97. The predicted octanol–water partition coefficient (Wildman–Crippen LogP) is 2.83. The summed E-state index contributed by atoms with van der Waals surface area (Å²) in [6.45, 7) is 3.31. The SMILES string of the molecule is CC(=O)C(c1ccccc1)(c1ccccc1)C1CCN(CO)C1. The van der Waals surface area contributed by atoms with Crippen molar-refractivity contribution >= 4 is 5.78 Å². The Labute approximate surface area is 137 Å². The van der Waals surface area contributed by atoms with Gasteiger partial charge in [-0.25, -0.2) is 0 Å². The van der Waals surface area contributed by atoms with E-state index in [0.717, 1.165) is 30.6 Å². The van der Waals surface area contributed by atoms with Crippen LogP contribution in [0.2, 0.25) is 0 Å². The lowest BCUT2D eigenvalue weighted by Crippen LogP contribution is -2.44. The van der Waals surface area contributed by atoms with Crippen LogP contribution in [0.5, 0.6) is 0 Å². The lowest BCUT2D eigenvalue weighted by Gasteiger charge is -2.38. The van der Waals surface area contributed by atoms with Gasteiger partial charge in [0.1, 0.15) is 5.78 Å². The maximum atomic E-state index is 13.0. The van der Waals surface area contributed by atoms with Gasteiger partial charge in [0.15, 0.2) is 0 Å². The fourth-order valence-corrected chi connectivity index (χ4v) is 4.05. The van der Waals surface area contributed by atoms with Crippen LogP contribution >= 0.6 is 0 Å². The minimum absolute atomic E-state index is 0.0497. The van der Waals surface area contributed by atoms with Gasteiger partial charge in [0.2, 0.25) is 0 Å². The van der Waals surface area contributed by atoms with E-state index in [1.54, 1.807) is 6.92 Å². The fourth-order valence-electron chi connectivity index (χ4n) is 4.05. The van der Waals surface area contributed by atoms with Crippen molar-refractivity contribution < 1.29 is 9.90 Å². The van der Waals surface area contributed by atoms with Crippen LogP contribution in [0.25, 0.3) is 0 Å². The molecule has 0 amide bonds. The minimum Gasteiger partial charge on any atom is -0.381 e. The molecule has 1 saturated heterocycles. The maximum absolute atomic E-state index is 13.0. The Balaban J connectivity index is 2.18. The molecule has 2 aromatic carbocycles. The van der Waals surface area contributed by atoms with E-state index in [-0.39, 0.29) is 18.4 Å². The molecule has 1 aliphatic heterocycles. The molecule has 1 heterocycles. The molecule has 0 saturated carbocycles. The summed E-state index contributed by atoms with van der Waals surface area (Å²) in [6, 6.07) is 20.1. The average molecular weight is 309 g/mol. The lowest BCUT2D eigenvalue weighted by atomic mass is 9.63. The van der Waals surface area contributed by atoms with Gasteiger partial charge < -0.3 is 5.11 Å². The quantitative estimate of drug-likeness (QED) is 0.923. The number of aliphatic hydroxyl groups is 1. The van der Waals surface area contributed by atoms with Gasteiger partial charge in [-0.2, -0.15) is 0 Å². The first kappa shape index (κ1) is 15.9. The Morgan fingerprint density at radius 1 is 1.09 bits per heavy atom. The zero-order valence-electron chi connectivity index (χ0n) is 13.5. The molecule has 120 valence electrons. The standard InChI is InChI=1S/C20H23NO2/c1-16(23)20(17-8-4-2-5-9-17,18-10-6-3-7-11-18)19-12-13-21(14-19)15-22/h2-11,19,22H,12-15H2,1H3. The Morgan fingerprint density at radius 3 is 2.00 bits per heavy atom. The van der Waals surface area contributed by atoms with E-state index in [0.29, 0.717) is 0 Å². The van der Waals surface area contributed by atoms with Crippen LogP contribution in [0.3, 0.4) is 0 Å². The van der Waals surface area contributed by atoms with Crippen molar-refractivity contribution in [3.63, 3.8) is 0 Å². The highest BCUT2D eigenvalue weighted by Crippen LogP contribution is 2.44. The van der Waals surface area contributed by atoms with E-state index in [1.165, 1.54) is 0 Å². The van der Waals surface area contributed by atoms with Crippen molar-refractivity contribution in [3.8, 4) is 0 Å². The number of nitrogens with zero attached hydrogens (tertiary/aromatic N) is 1. The summed E-state index contributed by atoms with van der Waals surface area (Å²) >= 11 is 0. The van der Waals surface area contributed by atoms with Gasteiger partial charge in [-0.15, -0.1) is 0 Å². The van der Waals surface area contributed by atoms with Gasteiger partial charge in [-0.05, 0) is 30.4 Å². The molecule has 23 heavy (non-hydrogen) atoms. The summed E-state index contributed by atoms with van der Waals surface area (Å²) in [6.07, 6.45) is 0.907. The van der Waals surface area contributed by atoms with Crippen molar-refractivity contribution in [1.82, 2.24) is 4.90 Å². The highest BCUT2D eigenvalue weighted by molar-refractivity contribution is 5.92. The molecule has 1 unspecified atom stereocenters. The number of hydrogen-bond donors (Lipinski definition) is 1. The molecule has 1 N–H and O–H groups in total. The van der Waals surface area contributed by atoms with Gasteiger partial charge in [-0.3, -0.25) is 9.69 Å². The van der Waals surface area contributed by atoms with E-state index < -0.39 is 5.41 Å². The zero-order chi connectivity index (χ0) is 16.3. The Kier molecular flexibility index (Phi) is 4.60. The predicted molar refractivity (Wildman–Crippen MR) is 91.1 cm³/mol. The number of benzene rings is 2. The highest BCUT2D eigenvalue weighted by Gasteiger charge is 2.48. The summed E-state index contributed by atoms with van der Waals surface area (Å²) in [5.74, 6) is 0.330. The summed E-state index contributed by atoms with van der Waals surface area (Å²) < 4.78 is 0. The van der Waals surface area contributed by atoms with Crippen molar-refractivity contribution in [3.05, 3.63) is 71.8 Å². The average Bonchev–Trinajstić information content (AvgIpc) is 3.06. The van der Waals surface area contributed by atoms with Gasteiger partial charge in [0, 0.05) is 13.1 Å². The number of Topliss-reactive ketones (excluding diaryl/α,β-unsaturated/α-hetero) is 1. The van der Waals surface area contributed by atoms with Crippen LogP contribution in [0.1, 0.15) is 24.5 Å². The first-order valence-corrected chi connectivity index (χ1v) is 8.15. The number of aliphatic hydroxyl groups excluding tert-OH is 1. The van der Waals surface area contributed by atoms with Crippen LogP contribution in [0.15, 0.2) is 60.7 Å². The lowest BCUT2D eigenvalue weighted by molar-refractivity contribution is -0.122. The smallest absolute Gasteiger partial charge is 0.145 e. The van der Waals surface area contributed by atoms with Crippen LogP contribution in [0.4, 0.5) is 0 Å². The first-order valence-electron chi connectivity index (χ1n) is 8.15. The fraction of sp³-hybridized carbons (Fsp3) is 0.350. The monoisotopic (exact) mass is 309 g/mol. The van der Waals surface area contributed by atoms with Crippen molar-refractivity contribution in [2.75, 3.05) is 19.8 Å². The molecular weight excluding hydrogens is 286 g/mol. The molecule has 1 aliphatic rings. The van der Waals surface area contributed by atoms with Crippen LogP contribution in [-0.4, -0.2) is 35.6 Å². The van der Waals surface area contributed by atoms with Crippen molar-refractivity contribution in [2.45, 2.75) is 18.8 Å². The number of likely N-dealkylation sites (tertiary alicyclic amines) is 1. The Morgan fingerprint density at radius 2 is 1.61 bits per heavy atom. The van der Waals surface area contributed by atoms with E-state index in [1.807, 2.05) is 41.3 Å². The second kappa shape index (κ2) is 6.65. The normalized spacial score (nSPS) is 19.0. The Bertz CT molecular complexity index is 614. The van der Waals surface area contributed by atoms with Gasteiger partial charge in [-0.1, -0.05) is 60.7 Å². The molecule has 1 fully saturated rings. The van der Waals surface area contributed by atoms with Crippen LogP contribution < -0.4 is 0 Å². The van der Waals surface area contributed by atoms with Crippen molar-refractivity contribution in [1.29, 1.82) is 0 Å². The molecule has 3 heteroatoms. The van der Waals surface area contributed by atoms with E-state index in [9.17, 15) is 9.90 Å². The number of carbonyl (C=O) groups excluding carboxylic acids is 1. The maximum Gasteiger partial charge on any atom is 0.145 e. The molecule has 3 rings (SSSR count). The molecule has 0 radical (unpaired) electrons. The molecule has 3 nitrogen and oxygen atoms in total. The minimum atomic E-state index is -0.646. The topological polar surface area (TPSA) is 40.5 Å². The molecule has 0 bridgehead atoms. The van der Waals surface area contributed by atoms with E-state index in [4.69, 9.17) is 0 Å². The number of ketones is 1. The summed E-state index contributed by atoms with van der Waals surface area (Å²) in [5.41, 5.74) is 1.44. The molecule has 0 aliphatic carbocycles. The number of hydrogen-bond acceptors (Lipinski definition) is 3. The molecule has 1 atom stereocenters. The molecule has 0 aromatic heterocycles. The second-order valence-electron chi connectivity index (χ2n) is 6.30. The van der Waals surface area contributed by atoms with Crippen LogP contribution in [0, 0.1) is 5.92 Å². The third-order valence-electron chi connectivity index (χ3n) is 5.10. The van der Waals surface area contributed by atoms with E-state index in [2.05, 4.69) is 24.3 Å². The largest absolute Gasteiger partial charge is 0.381 e. The molecular formula is C20H23NO2. The zero-order valence-corrected chi connectivity index (χ0v) is 13.5. The van der Waals surface area contributed by atoms with Gasteiger partial charge in [0.05, 0.1) is 12.1 Å². The van der Waals surface area contributed by atoms with Crippen molar-refractivity contribution in [2.24, 2.45) is 5.92 Å². The summed E-state index contributed by atoms with van der Waals surface area (Å²) in [5, 5.41) is 9.47. The summed E-state index contributed by atoms with van der Waals surface area (Å²) in [7, 11) is 0. The second-order valence-corrected chi connectivity index (χ2v) is 6.30. The molecule has 2 aromatic rings. The van der Waals surface area contributed by atoms with E-state index >= 15 is 0 Å². The first-order chi connectivity index (χ1) is 11.2. The third-order valence-corrected chi connectivity index (χ3v) is 5.10. The highest BCUT2D eigenvalue weighted by atomic mass is 16.3.